The molecule has 5 nitrogen and oxygen atoms in total. The minimum Gasteiger partial charge on any atom is -0.478 e. The highest BCUT2D eigenvalue weighted by Gasteiger charge is 2.35. The predicted molar refractivity (Wildman–Crippen MR) is 82.1 cm³/mol. The molecule has 0 amide bonds. The van der Waals surface area contributed by atoms with Gasteiger partial charge in [0.1, 0.15) is 16.5 Å². The van der Waals surface area contributed by atoms with E-state index in [0.717, 1.165) is 25.7 Å². The number of halogens is 1. The molecule has 0 saturated carbocycles. The van der Waals surface area contributed by atoms with E-state index in [0.29, 0.717) is 12.4 Å². The first kappa shape index (κ1) is 16.0. The lowest BCUT2D eigenvalue weighted by Gasteiger charge is -2.40. The number of anilines is 1. The van der Waals surface area contributed by atoms with Crippen LogP contribution in [-0.4, -0.2) is 34.3 Å². The maximum absolute atomic E-state index is 11.3. The van der Waals surface area contributed by atoms with Crippen LogP contribution >= 0.6 is 11.6 Å². The van der Waals surface area contributed by atoms with E-state index < -0.39 is 5.97 Å². The largest absolute Gasteiger partial charge is 0.478 e. The lowest BCUT2D eigenvalue weighted by molar-refractivity contribution is -0.0864. The van der Waals surface area contributed by atoms with Crippen molar-refractivity contribution in [3.05, 3.63) is 22.8 Å². The summed E-state index contributed by atoms with van der Waals surface area (Å²) in [7, 11) is 0. The van der Waals surface area contributed by atoms with Gasteiger partial charge < -0.3 is 15.2 Å². The van der Waals surface area contributed by atoms with Crippen molar-refractivity contribution in [3.63, 3.8) is 0 Å². The quantitative estimate of drug-likeness (QED) is 0.813. The van der Waals surface area contributed by atoms with E-state index in [1.807, 2.05) is 0 Å². The van der Waals surface area contributed by atoms with Crippen LogP contribution in [0.4, 0.5) is 5.82 Å². The Morgan fingerprint density at radius 2 is 2.24 bits per heavy atom. The van der Waals surface area contributed by atoms with E-state index in [1.165, 1.54) is 12.1 Å². The van der Waals surface area contributed by atoms with Gasteiger partial charge in [0.2, 0.25) is 0 Å². The van der Waals surface area contributed by atoms with Gasteiger partial charge in [-0.15, -0.1) is 0 Å². The second-order valence-electron chi connectivity index (χ2n) is 5.41. The fourth-order valence-electron chi connectivity index (χ4n) is 2.81. The van der Waals surface area contributed by atoms with Crippen LogP contribution in [0.3, 0.4) is 0 Å². The second kappa shape index (κ2) is 6.62. The third-order valence-corrected chi connectivity index (χ3v) is 4.42. The Bertz CT molecular complexity index is 518. The lowest BCUT2D eigenvalue weighted by atomic mass is 9.86. The molecule has 0 radical (unpaired) electrons. The Labute approximate surface area is 129 Å². The van der Waals surface area contributed by atoms with Crippen molar-refractivity contribution in [2.24, 2.45) is 0 Å². The van der Waals surface area contributed by atoms with E-state index in [2.05, 4.69) is 24.1 Å². The van der Waals surface area contributed by atoms with Gasteiger partial charge in [-0.3, -0.25) is 0 Å². The first-order valence-corrected chi connectivity index (χ1v) is 7.68. The molecule has 2 rings (SSSR count). The Kier molecular flexibility index (Phi) is 5.06. The third kappa shape index (κ3) is 3.66. The Hall–Kier alpha value is -1.33. The summed E-state index contributed by atoms with van der Waals surface area (Å²) in [6, 6.07) is 3.11. The number of ether oxygens (including phenoxy) is 1. The number of aromatic nitrogens is 1. The molecule has 0 aromatic carbocycles. The van der Waals surface area contributed by atoms with Gasteiger partial charge in [0.25, 0.3) is 0 Å². The number of nitrogens with one attached hydrogen (secondary N) is 1. The van der Waals surface area contributed by atoms with Gasteiger partial charge in [0, 0.05) is 12.6 Å². The molecule has 1 fully saturated rings. The van der Waals surface area contributed by atoms with Crippen molar-refractivity contribution in [2.75, 3.05) is 11.9 Å². The summed E-state index contributed by atoms with van der Waals surface area (Å²) in [5.74, 6) is -0.672. The molecule has 1 aliphatic heterocycles. The molecule has 1 aromatic heterocycles. The van der Waals surface area contributed by atoms with Crippen LogP contribution in [0.5, 0.6) is 0 Å². The van der Waals surface area contributed by atoms with Gasteiger partial charge in [-0.1, -0.05) is 25.4 Å². The molecule has 116 valence electrons. The molecule has 2 N–H and O–H groups in total. The standard InChI is InChI=1S/C15H21ClN2O3/c1-3-15(4-2)9-10(7-8-21-15)17-13-11(14(19)20)5-6-12(16)18-13/h5-6,10H,3-4,7-9H2,1-2H3,(H,17,18)(H,19,20). The van der Waals surface area contributed by atoms with E-state index >= 15 is 0 Å². The van der Waals surface area contributed by atoms with Crippen molar-refractivity contribution < 1.29 is 14.6 Å². The van der Waals surface area contributed by atoms with Gasteiger partial charge in [0.05, 0.1) is 5.60 Å². The van der Waals surface area contributed by atoms with Gasteiger partial charge in [-0.05, 0) is 37.8 Å². The predicted octanol–water partition coefficient (Wildman–Crippen LogP) is 3.58. The molecule has 1 aliphatic rings. The van der Waals surface area contributed by atoms with Crippen LogP contribution in [0, 0.1) is 0 Å². The monoisotopic (exact) mass is 312 g/mol. The number of carboxylic acid groups (broad SMARTS) is 1. The van der Waals surface area contributed by atoms with Crippen LogP contribution in [0.15, 0.2) is 12.1 Å². The molecule has 1 aromatic rings. The summed E-state index contributed by atoms with van der Waals surface area (Å²) < 4.78 is 5.93. The van der Waals surface area contributed by atoms with Crippen molar-refractivity contribution in [2.45, 2.75) is 51.2 Å². The zero-order valence-corrected chi connectivity index (χ0v) is 13.1. The highest BCUT2D eigenvalue weighted by atomic mass is 35.5. The van der Waals surface area contributed by atoms with Crippen molar-refractivity contribution in [3.8, 4) is 0 Å². The minimum absolute atomic E-state index is 0.127. The molecule has 1 atom stereocenters. The number of hydrogen-bond acceptors (Lipinski definition) is 4. The number of aromatic carboxylic acids is 1. The lowest BCUT2D eigenvalue weighted by Crippen LogP contribution is -2.44. The van der Waals surface area contributed by atoms with E-state index in [4.69, 9.17) is 16.3 Å². The van der Waals surface area contributed by atoms with Gasteiger partial charge in [-0.25, -0.2) is 9.78 Å². The highest BCUT2D eigenvalue weighted by Crippen LogP contribution is 2.33. The van der Waals surface area contributed by atoms with Gasteiger partial charge >= 0.3 is 5.97 Å². The summed E-state index contributed by atoms with van der Waals surface area (Å²) >= 11 is 5.88. The third-order valence-electron chi connectivity index (χ3n) is 4.21. The van der Waals surface area contributed by atoms with Crippen LogP contribution in [0.25, 0.3) is 0 Å². The smallest absolute Gasteiger partial charge is 0.339 e. The molecule has 1 unspecified atom stereocenters. The number of nitrogens with zero attached hydrogens (tertiary/aromatic N) is 1. The van der Waals surface area contributed by atoms with E-state index in [-0.39, 0.29) is 22.4 Å². The molecule has 1 saturated heterocycles. The van der Waals surface area contributed by atoms with Gasteiger partial charge in [-0.2, -0.15) is 0 Å². The SMILES string of the molecule is CCC1(CC)CC(Nc2nc(Cl)ccc2C(=O)O)CCO1. The molecule has 6 heteroatoms. The number of carbonyl (C=O) groups is 1. The maximum atomic E-state index is 11.3. The second-order valence-corrected chi connectivity index (χ2v) is 5.80. The molecule has 2 heterocycles. The first-order valence-electron chi connectivity index (χ1n) is 7.30. The Balaban J connectivity index is 2.18. The number of pyridine rings is 1. The van der Waals surface area contributed by atoms with Crippen LogP contribution < -0.4 is 5.32 Å². The maximum Gasteiger partial charge on any atom is 0.339 e. The van der Waals surface area contributed by atoms with Crippen molar-refractivity contribution in [1.29, 1.82) is 0 Å². The number of carboxylic acids is 1. The topological polar surface area (TPSA) is 71.5 Å². The summed E-state index contributed by atoms with van der Waals surface area (Å²) in [5.41, 5.74) is 0.0159. The minimum atomic E-state index is -1.01. The van der Waals surface area contributed by atoms with Crippen molar-refractivity contribution >= 4 is 23.4 Å². The van der Waals surface area contributed by atoms with Crippen LogP contribution in [0.2, 0.25) is 5.15 Å². The van der Waals surface area contributed by atoms with Crippen LogP contribution in [-0.2, 0) is 4.74 Å². The van der Waals surface area contributed by atoms with Crippen molar-refractivity contribution in [1.82, 2.24) is 4.98 Å². The van der Waals surface area contributed by atoms with Crippen LogP contribution in [0.1, 0.15) is 49.9 Å². The molecule has 0 bridgehead atoms. The Morgan fingerprint density at radius 3 is 2.86 bits per heavy atom. The number of rotatable bonds is 5. The summed E-state index contributed by atoms with van der Waals surface area (Å²) in [6.07, 6.45) is 3.55. The van der Waals surface area contributed by atoms with E-state index in [1.54, 1.807) is 0 Å². The van der Waals surface area contributed by atoms with Gasteiger partial charge in [0.15, 0.2) is 0 Å². The summed E-state index contributed by atoms with van der Waals surface area (Å²) in [4.78, 5) is 15.4. The fourth-order valence-corrected chi connectivity index (χ4v) is 2.95. The first-order chi connectivity index (χ1) is 9.99. The summed E-state index contributed by atoms with van der Waals surface area (Å²) in [5, 5.41) is 12.8. The zero-order valence-electron chi connectivity index (χ0n) is 12.4. The fraction of sp³-hybridized carbons (Fsp3) is 0.600. The summed E-state index contributed by atoms with van der Waals surface area (Å²) in [6.45, 7) is 4.90. The molecule has 21 heavy (non-hydrogen) atoms. The molecular weight excluding hydrogens is 292 g/mol. The molecule has 0 aliphatic carbocycles. The number of hydrogen-bond donors (Lipinski definition) is 2. The molecule has 0 spiro atoms. The zero-order chi connectivity index (χ0) is 15.5. The Morgan fingerprint density at radius 1 is 1.52 bits per heavy atom. The molecular formula is C15H21ClN2O3. The highest BCUT2D eigenvalue weighted by molar-refractivity contribution is 6.29. The normalized spacial score (nSPS) is 21.0. The average molecular weight is 313 g/mol. The average Bonchev–Trinajstić information content (AvgIpc) is 2.47. The van der Waals surface area contributed by atoms with E-state index in [9.17, 15) is 9.90 Å².